The Kier molecular flexibility index (Phi) is 3.93. The summed E-state index contributed by atoms with van der Waals surface area (Å²) in [5, 5.41) is 3.18. The first-order valence-electron chi connectivity index (χ1n) is 6.90. The fraction of sp³-hybridized carbons (Fsp3) is 0.111. The molecular weight excluding hydrogens is 280 g/mol. The van der Waals surface area contributed by atoms with Crippen LogP contribution in [0.25, 0.3) is 10.8 Å². The van der Waals surface area contributed by atoms with Crippen molar-refractivity contribution in [2.24, 2.45) is 5.84 Å². The summed E-state index contributed by atoms with van der Waals surface area (Å²) in [5.41, 5.74) is 6.32. The number of rotatable bonds is 3. The van der Waals surface area contributed by atoms with Gasteiger partial charge in [-0.1, -0.05) is 54.1 Å². The minimum Gasteiger partial charge on any atom is -0.271 e. The standard InChI is InChI=1S/C18H17ClN2/c1-12-10-16(19)8-9-17(12)18(21-20)15-7-6-13-4-2-3-5-14(13)11-15/h2-11,18,21H,20H2,1H3. The summed E-state index contributed by atoms with van der Waals surface area (Å²) in [7, 11) is 0. The van der Waals surface area contributed by atoms with Crippen LogP contribution < -0.4 is 11.3 Å². The molecule has 0 heterocycles. The average molecular weight is 297 g/mol. The summed E-state index contributed by atoms with van der Waals surface area (Å²) < 4.78 is 0. The highest BCUT2D eigenvalue weighted by molar-refractivity contribution is 6.30. The molecule has 2 nitrogen and oxygen atoms in total. The third kappa shape index (κ3) is 2.79. The van der Waals surface area contributed by atoms with E-state index in [1.165, 1.54) is 10.8 Å². The lowest BCUT2D eigenvalue weighted by Gasteiger charge is -2.20. The molecule has 0 saturated carbocycles. The molecule has 0 saturated heterocycles. The number of hydrogen-bond acceptors (Lipinski definition) is 2. The second kappa shape index (κ2) is 5.86. The maximum Gasteiger partial charge on any atom is 0.0712 e. The Morgan fingerprint density at radius 3 is 2.43 bits per heavy atom. The number of hydrogen-bond donors (Lipinski definition) is 2. The fourth-order valence-corrected chi connectivity index (χ4v) is 2.94. The Morgan fingerprint density at radius 2 is 1.71 bits per heavy atom. The molecule has 21 heavy (non-hydrogen) atoms. The quantitative estimate of drug-likeness (QED) is 0.557. The Morgan fingerprint density at radius 1 is 0.952 bits per heavy atom. The predicted octanol–water partition coefficient (Wildman–Crippen LogP) is 4.35. The van der Waals surface area contributed by atoms with Crippen molar-refractivity contribution in [1.29, 1.82) is 0 Å². The van der Waals surface area contributed by atoms with Gasteiger partial charge in [-0.3, -0.25) is 5.84 Å². The van der Waals surface area contributed by atoms with Gasteiger partial charge >= 0.3 is 0 Å². The molecular formula is C18H17ClN2. The van der Waals surface area contributed by atoms with E-state index in [0.717, 1.165) is 21.7 Å². The lowest BCUT2D eigenvalue weighted by molar-refractivity contribution is 0.634. The molecule has 106 valence electrons. The molecule has 0 radical (unpaired) electrons. The molecule has 3 aromatic carbocycles. The highest BCUT2D eigenvalue weighted by Crippen LogP contribution is 2.28. The van der Waals surface area contributed by atoms with Gasteiger partial charge in [-0.05, 0) is 52.6 Å². The third-order valence-electron chi connectivity index (χ3n) is 3.82. The van der Waals surface area contributed by atoms with Crippen molar-refractivity contribution in [2.75, 3.05) is 0 Å². The van der Waals surface area contributed by atoms with E-state index >= 15 is 0 Å². The first-order valence-corrected chi connectivity index (χ1v) is 7.28. The summed E-state index contributed by atoms with van der Waals surface area (Å²) in [6.07, 6.45) is 0. The van der Waals surface area contributed by atoms with Crippen LogP contribution in [0.2, 0.25) is 5.02 Å². The highest BCUT2D eigenvalue weighted by Gasteiger charge is 2.15. The second-order valence-electron chi connectivity index (χ2n) is 5.21. The lowest BCUT2D eigenvalue weighted by Crippen LogP contribution is -2.29. The van der Waals surface area contributed by atoms with E-state index in [1.807, 2.05) is 37.3 Å². The minimum absolute atomic E-state index is 0.0492. The molecule has 3 rings (SSSR count). The van der Waals surface area contributed by atoms with Gasteiger partial charge in [-0.15, -0.1) is 0 Å². The zero-order chi connectivity index (χ0) is 14.8. The summed E-state index contributed by atoms with van der Waals surface area (Å²) in [5.74, 6) is 5.80. The van der Waals surface area contributed by atoms with Crippen LogP contribution in [-0.4, -0.2) is 0 Å². The normalized spacial score (nSPS) is 12.5. The van der Waals surface area contributed by atoms with Gasteiger partial charge < -0.3 is 0 Å². The van der Waals surface area contributed by atoms with Gasteiger partial charge in [0.05, 0.1) is 6.04 Å². The first-order chi connectivity index (χ1) is 10.2. The molecule has 0 fully saturated rings. The monoisotopic (exact) mass is 296 g/mol. The van der Waals surface area contributed by atoms with E-state index < -0.39 is 0 Å². The fourth-order valence-electron chi connectivity index (χ4n) is 2.72. The van der Waals surface area contributed by atoms with E-state index in [1.54, 1.807) is 0 Å². The molecule has 0 aliphatic carbocycles. The topological polar surface area (TPSA) is 38.0 Å². The second-order valence-corrected chi connectivity index (χ2v) is 5.64. The maximum atomic E-state index is 6.04. The van der Waals surface area contributed by atoms with Gasteiger partial charge in [0.25, 0.3) is 0 Å². The lowest BCUT2D eigenvalue weighted by atomic mass is 9.94. The largest absolute Gasteiger partial charge is 0.271 e. The van der Waals surface area contributed by atoms with Gasteiger partial charge in [0.2, 0.25) is 0 Å². The Labute approximate surface area is 129 Å². The van der Waals surface area contributed by atoms with E-state index in [4.69, 9.17) is 17.4 Å². The SMILES string of the molecule is Cc1cc(Cl)ccc1C(NN)c1ccc2ccccc2c1. The van der Waals surface area contributed by atoms with Gasteiger partial charge in [0.15, 0.2) is 0 Å². The van der Waals surface area contributed by atoms with Crippen LogP contribution in [0.15, 0.2) is 60.7 Å². The smallest absolute Gasteiger partial charge is 0.0712 e. The Hall–Kier alpha value is -1.87. The van der Waals surface area contributed by atoms with Crippen molar-refractivity contribution in [2.45, 2.75) is 13.0 Å². The Balaban J connectivity index is 2.09. The van der Waals surface area contributed by atoms with Crippen molar-refractivity contribution in [1.82, 2.24) is 5.43 Å². The van der Waals surface area contributed by atoms with Gasteiger partial charge in [-0.25, -0.2) is 5.43 Å². The van der Waals surface area contributed by atoms with Crippen LogP contribution in [0.3, 0.4) is 0 Å². The summed E-state index contributed by atoms with van der Waals surface area (Å²) in [4.78, 5) is 0. The summed E-state index contributed by atoms with van der Waals surface area (Å²) in [6.45, 7) is 2.05. The number of nitrogens with two attached hydrogens (primary N) is 1. The molecule has 3 N–H and O–H groups in total. The zero-order valence-electron chi connectivity index (χ0n) is 11.8. The van der Waals surface area contributed by atoms with Crippen molar-refractivity contribution in [3.63, 3.8) is 0 Å². The number of nitrogens with one attached hydrogen (secondary N) is 1. The molecule has 1 unspecified atom stereocenters. The average Bonchev–Trinajstić information content (AvgIpc) is 2.50. The maximum absolute atomic E-state index is 6.04. The van der Waals surface area contributed by atoms with Gasteiger partial charge in [0, 0.05) is 5.02 Å². The molecule has 0 aliphatic rings. The zero-order valence-corrected chi connectivity index (χ0v) is 12.6. The third-order valence-corrected chi connectivity index (χ3v) is 4.05. The highest BCUT2D eigenvalue weighted by atomic mass is 35.5. The van der Waals surface area contributed by atoms with Gasteiger partial charge in [-0.2, -0.15) is 0 Å². The number of hydrazine groups is 1. The molecule has 0 aromatic heterocycles. The predicted molar refractivity (Wildman–Crippen MR) is 89.3 cm³/mol. The number of fused-ring (bicyclic) bond motifs is 1. The van der Waals surface area contributed by atoms with Crippen LogP contribution >= 0.6 is 11.6 Å². The van der Waals surface area contributed by atoms with Crippen LogP contribution in [0.5, 0.6) is 0 Å². The molecule has 3 heteroatoms. The van der Waals surface area contributed by atoms with E-state index in [2.05, 4.69) is 35.8 Å². The van der Waals surface area contributed by atoms with Gasteiger partial charge in [0.1, 0.15) is 0 Å². The number of benzene rings is 3. The van der Waals surface area contributed by atoms with Crippen molar-refractivity contribution in [3.05, 3.63) is 82.4 Å². The molecule has 1 atom stereocenters. The minimum atomic E-state index is -0.0492. The van der Waals surface area contributed by atoms with E-state index in [-0.39, 0.29) is 6.04 Å². The molecule has 0 spiro atoms. The molecule has 3 aromatic rings. The first kappa shape index (κ1) is 14.1. The van der Waals surface area contributed by atoms with E-state index in [0.29, 0.717) is 0 Å². The van der Waals surface area contributed by atoms with Crippen molar-refractivity contribution < 1.29 is 0 Å². The van der Waals surface area contributed by atoms with Crippen LogP contribution in [0.1, 0.15) is 22.7 Å². The van der Waals surface area contributed by atoms with Crippen molar-refractivity contribution >= 4 is 22.4 Å². The van der Waals surface area contributed by atoms with Crippen LogP contribution in [0, 0.1) is 6.92 Å². The summed E-state index contributed by atoms with van der Waals surface area (Å²) >= 11 is 6.04. The van der Waals surface area contributed by atoms with E-state index in [9.17, 15) is 0 Å². The Bertz CT molecular complexity index is 783. The summed E-state index contributed by atoms with van der Waals surface area (Å²) in [6, 6.07) is 20.6. The van der Waals surface area contributed by atoms with Crippen LogP contribution in [-0.2, 0) is 0 Å². The number of aryl methyl sites for hydroxylation is 1. The van der Waals surface area contributed by atoms with Crippen molar-refractivity contribution in [3.8, 4) is 0 Å². The molecule has 0 aliphatic heterocycles. The molecule has 0 amide bonds. The van der Waals surface area contributed by atoms with Crippen LogP contribution in [0.4, 0.5) is 0 Å². The number of halogens is 1. The molecule has 0 bridgehead atoms.